The van der Waals surface area contributed by atoms with E-state index in [0.29, 0.717) is 0 Å². The molecule has 1 heterocycles. The molecule has 1 aliphatic heterocycles. The van der Waals surface area contributed by atoms with Gasteiger partial charge in [-0.25, -0.2) is 0 Å². The maximum atomic E-state index is 10.3. The number of carboxylic acid groups (broad SMARTS) is 1. The number of rotatable bonds is 2. The van der Waals surface area contributed by atoms with Gasteiger partial charge in [0.15, 0.2) is 0 Å². The zero-order valence-corrected chi connectivity index (χ0v) is 6.71. The fourth-order valence-corrected chi connectivity index (χ4v) is 1.31. The summed E-state index contributed by atoms with van der Waals surface area (Å²) in [6.07, 6.45) is 1.25. The zero-order valence-electron chi connectivity index (χ0n) is 6.71. The SMILES string of the molecule is CC1NCCCN1CC(=O)O. The lowest BCUT2D eigenvalue weighted by Crippen LogP contribution is -2.51. The Morgan fingerprint density at radius 1 is 1.82 bits per heavy atom. The average Bonchev–Trinajstić information content (AvgIpc) is 1.93. The van der Waals surface area contributed by atoms with Crippen LogP contribution in [0.4, 0.5) is 0 Å². The van der Waals surface area contributed by atoms with E-state index in [2.05, 4.69) is 5.32 Å². The molecule has 1 aliphatic rings. The van der Waals surface area contributed by atoms with Crippen LogP contribution in [0, 0.1) is 0 Å². The Kier molecular flexibility index (Phi) is 2.84. The van der Waals surface area contributed by atoms with Gasteiger partial charge in [-0.3, -0.25) is 9.69 Å². The van der Waals surface area contributed by atoms with Crippen LogP contribution in [0.1, 0.15) is 13.3 Å². The highest BCUT2D eigenvalue weighted by atomic mass is 16.4. The van der Waals surface area contributed by atoms with Crippen molar-refractivity contribution < 1.29 is 9.90 Å². The van der Waals surface area contributed by atoms with Crippen molar-refractivity contribution in [1.29, 1.82) is 0 Å². The molecule has 0 saturated carbocycles. The molecule has 1 saturated heterocycles. The molecule has 0 aromatic carbocycles. The second-order valence-corrected chi connectivity index (χ2v) is 2.85. The molecule has 0 bridgehead atoms. The first-order valence-corrected chi connectivity index (χ1v) is 3.89. The molecular weight excluding hydrogens is 144 g/mol. The van der Waals surface area contributed by atoms with Crippen molar-refractivity contribution in [2.45, 2.75) is 19.5 Å². The van der Waals surface area contributed by atoms with Crippen molar-refractivity contribution >= 4 is 5.97 Å². The van der Waals surface area contributed by atoms with Crippen LogP contribution in [-0.4, -0.2) is 41.8 Å². The van der Waals surface area contributed by atoms with Gasteiger partial charge in [0.25, 0.3) is 0 Å². The average molecular weight is 158 g/mol. The van der Waals surface area contributed by atoms with E-state index >= 15 is 0 Å². The Bertz CT molecular complexity index is 149. The minimum absolute atomic E-state index is 0.147. The van der Waals surface area contributed by atoms with E-state index in [1.807, 2.05) is 11.8 Å². The number of nitrogens with one attached hydrogen (secondary N) is 1. The molecule has 1 atom stereocenters. The third kappa shape index (κ3) is 2.48. The number of aliphatic carboxylic acids is 1. The summed E-state index contributed by atoms with van der Waals surface area (Å²) in [6.45, 7) is 4.02. The monoisotopic (exact) mass is 158 g/mol. The predicted molar refractivity (Wildman–Crippen MR) is 41.3 cm³/mol. The van der Waals surface area contributed by atoms with Gasteiger partial charge in [-0.2, -0.15) is 0 Å². The Morgan fingerprint density at radius 2 is 2.55 bits per heavy atom. The van der Waals surface area contributed by atoms with Crippen LogP contribution in [-0.2, 0) is 4.79 Å². The summed E-state index contributed by atoms with van der Waals surface area (Å²) in [7, 11) is 0. The summed E-state index contributed by atoms with van der Waals surface area (Å²) in [5.41, 5.74) is 0. The van der Waals surface area contributed by atoms with Crippen LogP contribution in [0.25, 0.3) is 0 Å². The van der Waals surface area contributed by atoms with Crippen LogP contribution in [0.2, 0.25) is 0 Å². The second kappa shape index (κ2) is 3.69. The molecule has 0 aromatic rings. The van der Waals surface area contributed by atoms with Gasteiger partial charge in [0.2, 0.25) is 0 Å². The van der Waals surface area contributed by atoms with E-state index in [4.69, 9.17) is 5.11 Å². The molecular formula is C7H14N2O2. The minimum Gasteiger partial charge on any atom is -0.480 e. The molecule has 11 heavy (non-hydrogen) atoms. The quantitative estimate of drug-likeness (QED) is 0.580. The second-order valence-electron chi connectivity index (χ2n) is 2.85. The molecule has 64 valence electrons. The van der Waals surface area contributed by atoms with Gasteiger partial charge in [-0.15, -0.1) is 0 Å². The number of nitrogens with zero attached hydrogens (tertiary/aromatic N) is 1. The lowest BCUT2D eigenvalue weighted by atomic mass is 10.2. The Balaban J connectivity index is 2.35. The van der Waals surface area contributed by atoms with Gasteiger partial charge in [0.05, 0.1) is 12.7 Å². The summed E-state index contributed by atoms with van der Waals surface area (Å²) in [4.78, 5) is 12.3. The van der Waals surface area contributed by atoms with Crippen molar-refractivity contribution in [3.63, 3.8) is 0 Å². The molecule has 4 nitrogen and oxygen atoms in total. The van der Waals surface area contributed by atoms with Crippen molar-refractivity contribution in [3.05, 3.63) is 0 Å². The Morgan fingerprint density at radius 3 is 3.09 bits per heavy atom. The number of hydrogen-bond acceptors (Lipinski definition) is 3. The highest BCUT2D eigenvalue weighted by Crippen LogP contribution is 2.02. The van der Waals surface area contributed by atoms with Crippen LogP contribution >= 0.6 is 0 Å². The third-order valence-electron chi connectivity index (χ3n) is 1.95. The van der Waals surface area contributed by atoms with E-state index in [1.165, 1.54) is 0 Å². The first-order valence-electron chi connectivity index (χ1n) is 3.89. The largest absolute Gasteiger partial charge is 0.480 e. The fraction of sp³-hybridized carbons (Fsp3) is 0.857. The standard InChI is InChI=1S/C7H14N2O2/c1-6-8-3-2-4-9(6)5-7(10)11/h6,8H,2-5H2,1H3,(H,10,11). The Labute approximate surface area is 66.2 Å². The summed E-state index contributed by atoms with van der Waals surface area (Å²) in [5, 5.41) is 11.7. The highest BCUT2D eigenvalue weighted by molar-refractivity contribution is 5.69. The molecule has 0 amide bonds. The highest BCUT2D eigenvalue weighted by Gasteiger charge is 2.18. The van der Waals surface area contributed by atoms with Crippen molar-refractivity contribution in [3.8, 4) is 0 Å². The van der Waals surface area contributed by atoms with Crippen molar-refractivity contribution in [2.24, 2.45) is 0 Å². The summed E-state index contributed by atoms with van der Waals surface area (Å²) < 4.78 is 0. The van der Waals surface area contributed by atoms with Crippen LogP contribution < -0.4 is 5.32 Å². The van der Waals surface area contributed by atoms with Gasteiger partial charge in [-0.1, -0.05) is 0 Å². The zero-order chi connectivity index (χ0) is 8.27. The predicted octanol–water partition coefficient (Wildman–Crippen LogP) is -0.288. The molecule has 0 radical (unpaired) electrons. The van der Waals surface area contributed by atoms with Gasteiger partial charge in [-0.05, 0) is 19.9 Å². The molecule has 1 unspecified atom stereocenters. The molecule has 4 heteroatoms. The van der Waals surface area contributed by atoms with Gasteiger partial charge in [0.1, 0.15) is 0 Å². The maximum Gasteiger partial charge on any atom is 0.317 e. The maximum absolute atomic E-state index is 10.3. The van der Waals surface area contributed by atoms with Crippen LogP contribution in [0.15, 0.2) is 0 Å². The third-order valence-corrected chi connectivity index (χ3v) is 1.95. The first kappa shape index (κ1) is 8.49. The van der Waals surface area contributed by atoms with Crippen LogP contribution in [0.5, 0.6) is 0 Å². The first-order chi connectivity index (χ1) is 5.20. The lowest BCUT2D eigenvalue weighted by Gasteiger charge is -2.32. The normalized spacial score (nSPS) is 26.8. The van der Waals surface area contributed by atoms with E-state index < -0.39 is 5.97 Å². The van der Waals surface area contributed by atoms with Crippen molar-refractivity contribution in [1.82, 2.24) is 10.2 Å². The van der Waals surface area contributed by atoms with Gasteiger partial charge in [0, 0.05) is 6.54 Å². The van der Waals surface area contributed by atoms with E-state index in [1.54, 1.807) is 0 Å². The minimum atomic E-state index is -0.749. The fourth-order valence-electron chi connectivity index (χ4n) is 1.31. The smallest absolute Gasteiger partial charge is 0.317 e. The molecule has 0 aliphatic carbocycles. The topological polar surface area (TPSA) is 52.6 Å². The summed E-state index contributed by atoms with van der Waals surface area (Å²) in [5.74, 6) is -0.749. The summed E-state index contributed by atoms with van der Waals surface area (Å²) >= 11 is 0. The van der Waals surface area contributed by atoms with E-state index in [9.17, 15) is 4.79 Å². The van der Waals surface area contributed by atoms with E-state index in [0.717, 1.165) is 19.5 Å². The molecule has 1 fully saturated rings. The molecule has 2 N–H and O–H groups in total. The van der Waals surface area contributed by atoms with Crippen molar-refractivity contribution in [2.75, 3.05) is 19.6 Å². The lowest BCUT2D eigenvalue weighted by molar-refractivity contribution is -0.139. The Hall–Kier alpha value is -0.610. The van der Waals surface area contributed by atoms with Gasteiger partial charge < -0.3 is 10.4 Å². The number of hydrogen-bond donors (Lipinski definition) is 2. The summed E-state index contributed by atoms with van der Waals surface area (Å²) in [6, 6.07) is 0. The molecule has 1 rings (SSSR count). The van der Waals surface area contributed by atoms with Gasteiger partial charge >= 0.3 is 5.97 Å². The van der Waals surface area contributed by atoms with E-state index in [-0.39, 0.29) is 12.7 Å². The molecule has 0 aromatic heterocycles. The number of carboxylic acids is 1. The molecule has 0 spiro atoms. The number of carbonyl (C=O) groups is 1. The van der Waals surface area contributed by atoms with Crippen LogP contribution in [0.3, 0.4) is 0 Å².